The molecule has 0 radical (unpaired) electrons. The van der Waals surface area contributed by atoms with E-state index >= 15 is 0 Å². The van der Waals surface area contributed by atoms with E-state index in [0.29, 0.717) is 6.04 Å². The minimum Gasteiger partial charge on any atom is -0.393 e. The van der Waals surface area contributed by atoms with Gasteiger partial charge in [-0.2, -0.15) is 0 Å². The van der Waals surface area contributed by atoms with Gasteiger partial charge < -0.3 is 15.2 Å². The number of nitrogens with one attached hydrogen (secondary N) is 1. The van der Waals surface area contributed by atoms with Crippen LogP contribution in [-0.2, 0) is 4.74 Å². The molecule has 1 rings (SSSR count). The minimum absolute atomic E-state index is 0.148. The summed E-state index contributed by atoms with van der Waals surface area (Å²) in [6.07, 6.45) is 4.21. The van der Waals surface area contributed by atoms with Crippen LogP contribution in [0.15, 0.2) is 0 Å². The summed E-state index contributed by atoms with van der Waals surface area (Å²) in [5.74, 6) is 0.814. The van der Waals surface area contributed by atoms with E-state index in [0.717, 1.165) is 31.9 Å². The standard InChI is InChI=1S/C11H23NO2/c1-3-10(13)6-7-12-11(8-14-2)9-4-5-9/h9-13H,3-8H2,1-2H3. The molecule has 2 N–H and O–H groups in total. The van der Waals surface area contributed by atoms with E-state index in [1.54, 1.807) is 7.11 Å². The quantitative estimate of drug-likeness (QED) is 0.619. The molecule has 1 aliphatic rings. The van der Waals surface area contributed by atoms with Crippen LogP contribution in [0.2, 0.25) is 0 Å². The van der Waals surface area contributed by atoms with Crippen molar-refractivity contribution in [2.24, 2.45) is 5.92 Å². The van der Waals surface area contributed by atoms with Crippen molar-refractivity contribution in [3.63, 3.8) is 0 Å². The van der Waals surface area contributed by atoms with Crippen LogP contribution in [0.3, 0.4) is 0 Å². The van der Waals surface area contributed by atoms with E-state index in [9.17, 15) is 5.11 Å². The number of aliphatic hydroxyl groups is 1. The Labute approximate surface area is 86.8 Å². The molecule has 1 fully saturated rings. The SMILES string of the molecule is CCC(O)CCNC(COC)C1CC1. The Hall–Kier alpha value is -0.120. The minimum atomic E-state index is -0.148. The van der Waals surface area contributed by atoms with Gasteiger partial charge in [-0.3, -0.25) is 0 Å². The molecule has 0 aromatic heterocycles. The van der Waals surface area contributed by atoms with Crippen LogP contribution >= 0.6 is 0 Å². The number of hydrogen-bond donors (Lipinski definition) is 2. The summed E-state index contributed by atoms with van der Waals surface area (Å²) in [5, 5.41) is 12.8. The van der Waals surface area contributed by atoms with Gasteiger partial charge in [-0.15, -0.1) is 0 Å². The molecule has 0 saturated heterocycles. The third-order valence-electron chi connectivity index (χ3n) is 2.89. The third kappa shape index (κ3) is 4.40. The summed E-state index contributed by atoms with van der Waals surface area (Å²) in [7, 11) is 1.75. The number of rotatable bonds is 8. The Bertz CT molecular complexity index is 148. The van der Waals surface area contributed by atoms with Crippen molar-refractivity contribution in [3.05, 3.63) is 0 Å². The maximum Gasteiger partial charge on any atom is 0.0618 e. The Kier molecular flexibility index (Phi) is 5.45. The summed E-state index contributed by atoms with van der Waals surface area (Å²) in [6.45, 7) is 3.71. The lowest BCUT2D eigenvalue weighted by Crippen LogP contribution is -2.36. The molecule has 0 amide bonds. The molecule has 0 aromatic rings. The van der Waals surface area contributed by atoms with Gasteiger partial charge in [0, 0.05) is 13.2 Å². The van der Waals surface area contributed by atoms with Crippen LogP contribution in [0.1, 0.15) is 32.6 Å². The van der Waals surface area contributed by atoms with Crippen molar-refractivity contribution in [3.8, 4) is 0 Å². The lowest BCUT2D eigenvalue weighted by molar-refractivity contribution is 0.140. The molecule has 84 valence electrons. The molecule has 1 saturated carbocycles. The van der Waals surface area contributed by atoms with E-state index in [-0.39, 0.29) is 6.10 Å². The van der Waals surface area contributed by atoms with Gasteiger partial charge in [0.1, 0.15) is 0 Å². The fourth-order valence-corrected chi connectivity index (χ4v) is 1.68. The van der Waals surface area contributed by atoms with Crippen molar-refractivity contribution in [1.82, 2.24) is 5.32 Å². The second kappa shape index (κ2) is 6.38. The second-order valence-electron chi connectivity index (χ2n) is 4.20. The Balaban J connectivity index is 2.07. The Morgan fingerprint density at radius 2 is 2.21 bits per heavy atom. The smallest absolute Gasteiger partial charge is 0.0618 e. The molecule has 0 aliphatic heterocycles. The van der Waals surface area contributed by atoms with E-state index in [4.69, 9.17) is 4.74 Å². The van der Waals surface area contributed by atoms with Crippen LogP contribution in [0.25, 0.3) is 0 Å². The van der Waals surface area contributed by atoms with Crippen LogP contribution in [0.4, 0.5) is 0 Å². The van der Waals surface area contributed by atoms with E-state index < -0.39 is 0 Å². The molecule has 0 bridgehead atoms. The fraction of sp³-hybridized carbons (Fsp3) is 1.00. The summed E-state index contributed by atoms with van der Waals surface area (Å²) in [6, 6.07) is 0.504. The highest BCUT2D eigenvalue weighted by Gasteiger charge is 2.30. The topological polar surface area (TPSA) is 41.5 Å². The number of ether oxygens (including phenoxy) is 1. The van der Waals surface area contributed by atoms with Crippen molar-refractivity contribution in [2.75, 3.05) is 20.3 Å². The van der Waals surface area contributed by atoms with Crippen LogP contribution < -0.4 is 5.32 Å². The molecule has 0 aromatic carbocycles. The summed E-state index contributed by atoms with van der Waals surface area (Å²) in [4.78, 5) is 0. The first-order chi connectivity index (χ1) is 6.77. The van der Waals surface area contributed by atoms with Crippen molar-refractivity contribution in [1.29, 1.82) is 0 Å². The second-order valence-corrected chi connectivity index (χ2v) is 4.20. The predicted molar refractivity (Wildman–Crippen MR) is 57.3 cm³/mol. The molecule has 0 spiro atoms. The molecule has 2 atom stereocenters. The zero-order chi connectivity index (χ0) is 10.4. The highest BCUT2D eigenvalue weighted by Crippen LogP contribution is 2.32. The van der Waals surface area contributed by atoms with E-state index in [1.165, 1.54) is 12.8 Å². The molecule has 1 aliphatic carbocycles. The summed E-state index contributed by atoms with van der Waals surface area (Å²) in [5.41, 5.74) is 0. The van der Waals surface area contributed by atoms with Gasteiger partial charge in [-0.05, 0) is 38.1 Å². The monoisotopic (exact) mass is 201 g/mol. The normalized spacial score (nSPS) is 20.8. The van der Waals surface area contributed by atoms with Crippen LogP contribution in [-0.4, -0.2) is 37.5 Å². The lowest BCUT2D eigenvalue weighted by Gasteiger charge is -2.18. The van der Waals surface area contributed by atoms with Gasteiger partial charge in [0.25, 0.3) is 0 Å². The predicted octanol–water partition coefficient (Wildman–Crippen LogP) is 1.16. The highest BCUT2D eigenvalue weighted by atomic mass is 16.5. The van der Waals surface area contributed by atoms with Crippen molar-refractivity contribution in [2.45, 2.75) is 44.8 Å². The average molecular weight is 201 g/mol. The lowest BCUT2D eigenvalue weighted by atomic mass is 10.1. The first kappa shape index (κ1) is 12.0. The van der Waals surface area contributed by atoms with Gasteiger partial charge in [-0.25, -0.2) is 0 Å². The summed E-state index contributed by atoms with van der Waals surface area (Å²) >= 11 is 0. The molecular formula is C11H23NO2. The summed E-state index contributed by atoms with van der Waals surface area (Å²) < 4.78 is 5.16. The van der Waals surface area contributed by atoms with Gasteiger partial charge in [0.2, 0.25) is 0 Å². The largest absolute Gasteiger partial charge is 0.393 e. The van der Waals surface area contributed by atoms with Crippen molar-refractivity contribution < 1.29 is 9.84 Å². The molecule has 0 heterocycles. The van der Waals surface area contributed by atoms with Gasteiger partial charge in [-0.1, -0.05) is 6.92 Å². The maximum absolute atomic E-state index is 9.38. The maximum atomic E-state index is 9.38. The molecule has 14 heavy (non-hydrogen) atoms. The first-order valence-corrected chi connectivity index (χ1v) is 5.68. The van der Waals surface area contributed by atoms with E-state index in [2.05, 4.69) is 5.32 Å². The zero-order valence-corrected chi connectivity index (χ0v) is 9.33. The Morgan fingerprint density at radius 3 is 2.71 bits per heavy atom. The molecule has 3 heteroatoms. The highest BCUT2D eigenvalue weighted by molar-refractivity contribution is 4.86. The first-order valence-electron chi connectivity index (χ1n) is 5.68. The number of aliphatic hydroxyl groups excluding tert-OH is 1. The van der Waals surface area contributed by atoms with Crippen LogP contribution in [0, 0.1) is 5.92 Å². The third-order valence-corrected chi connectivity index (χ3v) is 2.89. The van der Waals surface area contributed by atoms with Gasteiger partial charge in [0.15, 0.2) is 0 Å². The number of hydrogen-bond acceptors (Lipinski definition) is 3. The Morgan fingerprint density at radius 1 is 1.50 bits per heavy atom. The molecule has 3 nitrogen and oxygen atoms in total. The van der Waals surface area contributed by atoms with Crippen molar-refractivity contribution >= 4 is 0 Å². The zero-order valence-electron chi connectivity index (χ0n) is 9.33. The fourth-order valence-electron chi connectivity index (χ4n) is 1.68. The molecular weight excluding hydrogens is 178 g/mol. The number of methoxy groups -OCH3 is 1. The molecule has 2 unspecified atom stereocenters. The average Bonchev–Trinajstić information content (AvgIpc) is 2.99. The van der Waals surface area contributed by atoms with Crippen LogP contribution in [0.5, 0.6) is 0 Å². The van der Waals surface area contributed by atoms with Gasteiger partial charge in [0.05, 0.1) is 12.7 Å². The van der Waals surface area contributed by atoms with Gasteiger partial charge >= 0.3 is 0 Å². The van der Waals surface area contributed by atoms with E-state index in [1.807, 2.05) is 6.92 Å².